The fraction of sp³-hybridized carbons (Fsp3) is 0.0909. The van der Waals surface area contributed by atoms with Crippen molar-refractivity contribution in [2.24, 2.45) is 10.7 Å². The monoisotopic (exact) mass is 409 g/mol. The molecule has 0 radical (unpaired) electrons. The Labute approximate surface area is 173 Å². The number of halogens is 2. The summed E-state index contributed by atoms with van der Waals surface area (Å²) in [4.78, 5) is 19.8. The molecule has 0 fully saturated rings. The summed E-state index contributed by atoms with van der Waals surface area (Å²) in [5.74, 6) is -0.0582. The molecule has 1 heterocycles. The Bertz CT molecular complexity index is 1010. The number of rotatable bonds is 4. The van der Waals surface area contributed by atoms with Crippen molar-refractivity contribution in [2.45, 2.75) is 12.1 Å². The van der Waals surface area contributed by atoms with Gasteiger partial charge in [0.25, 0.3) is 5.91 Å². The van der Waals surface area contributed by atoms with Crippen LogP contribution in [0.4, 0.5) is 0 Å². The predicted octanol–water partition coefficient (Wildman–Crippen LogP) is 4.59. The van der Waals surface area contributed by atoms with Crippen LogP contribution in [0.3, 0.4) is 0 Å². The molecular formula is C22H17Cl2N3O. The molecule has 3 aromatic carbocycles. The summed E-state index contributed by atoms with van der Waals surface area (Å²) in [6, 6.07) is 24.1. The van der Waals surface area contributed by atoms with E-state index >= 15 is 0 Å². The van der Waals surface area contributed by atoms with Crippen LogP contribution in [-0.2, 0) is 16.9 Å². The Morgan fingerprint density at radius 1 is 0.893 bits per heavy atom. The first-order valence-corrected chi connectivity index (χ1v) is 9.50. The maximum atomic E-state index is 13.7. The highest BCUT2D eigenvalue weighted by Crippen LogP contribution is 2.40. The molecule has 0 saturated heterocycles. The minimum atomic E-state index is -1.22. The lowest BCUT2D eigenvalue weighted by Crippen LogP contribution is -2.43. The molecule has 1 aliphatic heterocycles. The molecule has 0 unspecified atom stereocenters. The van der Waals surface area contributed by atoms with Gasteiger partial charge in [-0.25, -0.2) is 4.99 Å². The van der Waals surface area contributed by atoms with Crippen LogP contribution in [0.25, 0.3) is 0 Å². The number of benzene rings is 3. The number of hydrogen-bond acceptors (Lipinski definition) is 3. The average Bonchev–Trinajstić information content (AvgIpc) is 2.97. The van der Waals surface area contributed by atoms with Gasteiger partial charge in [0.05, 0.1) is 6.54 Å². The van der Waals surface area contributed by atoms with Crippen LogP contribution in [0.2, 0.25) is 10.0 Å². The van der Waals surface area contributed by atoms with Gasteiger partial charge in [-0.05, 0) is 28.8 Å². The number of carbonyl (C=O) groups is 1. The van der Waals surface area contributed by atoms with E-state index in [-0.39, 0.29) is 18.4 Å². The lowest BCUT2D eigenvalue weighted by Gasteiger charge is -2.27. The third kappa shape index (κ3) is 3.05. The van der Waals surface area contributed by atoms with E-state index in [1.807, 2.05) is 60.7 Å². The molecule has 4 rings (SSSR count). The highest BCUT2D eigenvalue weighted by Gasteiger charge is 2.50. The van der Waals surface area contributed by atoms with Gasteiger partial charge in [0, 0.05) is 10.0 Å². The van der Waals surface area contributed by atoms with Crippen LogP contribution in [0.5, 0.6) is 0 Å². The van der Waals surface area contributed by atoms with Crippen molar-refractivity contribution in [3.05, 3.63) is 106 Å². The summed E-state index contributed by atoms with van der Waals surface area (Å²) in [5, 5.41) is 1.01. The Morgan fingerprint density at radius 2 is 1.46 bits per heavy atom. The second kappa shape index (κ2) is 7.30. The van der Waals surface area contributed by atoms with E-state index in [9.17, 15) is 4.79 Å². The lowest BCUT2D eigenvalue weighted by molar-refractivity contribution is -0.130. The number of carbonyl (C=O) groups excluding carboxylic acids is 1. The second-order valence-electron chi connectivity index (χ2n) is 6.54. The molecule has 28 heavy (non-hydrogen) atoms. The van der Waals surface area contributed by atoms with Gasteiger partial charge in [0.15, 0.2) is 11.5 Å². The van der Waals surface area contributed by atoms with Crippen molar-refractivity contribution in [2.75, 3.05) is 0 Å². The summed E-state index contributed by atoms with van der Waals surface area (Å²) in [6.07, 6.45) is 0. The molecule has 6 heteroatoms. The van der Waals surface area contributed by atoms with E-state index in [2.05, 4.69) is 4.99 Å². The first kappa shape index (κ1) is 18.5. The molecule has 0 saturated carbocycles. The molecule has 2 N–H and O–H groups in total. The van der Waals surface area contributed by atoms with Crippen molar-refractivity contribution in [3.63, 3.8) is 0 Å². The Balaban J connectivity index is 1.80. The fourth-order valence-electron chi connectivity index (χ4n) is 3.45. The van der Waals surface area contributed by atoms with Gasteiger partial charge in [-0.1, -0.05) is 89.9 Å². The molecule has 0 bridgehead atoms. The minimum Gasteiger partial charge on any atom is -0.369 e. The summed E-state index contributed by atoms with van der Waals surface area (Å²) >= 11 is 12.3. The van der Waals surface area contributed by atoms with Crippen LogP contribution in [-0.4, -0.2) is 16.8 Å². The highest BCUT2D eigenvalue weighted by atomic mass is 35.5. The topological polar surface area (TPSA) is 58.7 Å². The maximum absolute atomic E-state index is 13.7. The zero-order valence-electron chi connectivity index (χ0n) is 14.8. The Kier molecular flexibility index (Phi) is 4.84. The van der Waals surface area contributed by atoms with Gasteiger partial charge in [0.1, 0.15) is 0 Å². The maximum Gasteiger partial charge on any atom is 0.266 e. The molecule has 0 atom stereocenters. The van der Waals surface area contributed by atoms with Crippen LogP contribution >= 0.6 is 23.2 Å². The number of nitrogens with zero attached hydrogens (tertiary/aromatic N) is 2. The van der Waals surface area contributed by atoms with Crippen molar-refractivity contribution < 1.29 is 4.79 Å². The van der Waals surface area contributed by atoms with E-state index in [0.29, 0.717) is 10.0 Å². The van der Waals surface area contributed by atoms with Gasteiger partial charge < -0.3 is 5.73 Å². The zero-order chi connectivity index (χ0) is 19.7. The van der Waals surface area contributed by atoms with E-state index < -0.39 is 5.54 Å². The summed E-state index contributed by atoms with van der Waals surface area (Å²) in [7, 11) is 0. The van der Waals surface area contributed by atoms with Crippen LogP contribution in [0, 0.1) is 0 Å². The third-order valence-corrected chi connectivity index (χ3v) is 5.43. The number of hydrogen-bond donors (Lipinski definition) is 1. The summed E-state index contributed by atoms with van der Waals surface area (Å²) in [5.41, 5.74) is 7.29. The highest BCUT2D eigenvalue weighted by molar-refractivity contribution is 6.35. The van der Waals surface area contributed by atoms with Crippen molar-refractivity contribution >= 4 is 35.1 Å². The quantitative estimate of drug-likeness (QED) is 0.684. The van der Waals surface area contributed by atoms with Crippen LogP contribution < -0.4 is 5.73 Å². The van der Waals surface area contributed by atoms with E-state index in [0.717, 1.165) is 16.7 Å². The standard InChI is InChI=1S/C22H17Cl2N3O/c23-18-12-11-15(19(24)13-18)14-27-20(28)22(26-21(27)25,16-7-3-1-4-8-16)17-9-5-2-6-10-17/h1-13H,14H2,(H2,25,26). The van der Waals surface area contributed by atoms with E-state index in [4.69, 9.17) is 28.9 Å². The number of amides is 1. The molecule has 3 aromatic rings. The summed E-state index contributed by atoms with van der Waals surface area (Å²) < 4.78 is 0. The van der Waals surface area contributed by atoms with E-state index in [1.165, 1.54) is 4.90 Å². The summed E-state index contributed by atoms with van der Waals surface area (Å²) in [6.45, 7) is 0.214. The SMILES string of the molecule is NC1=NC(c2ccccc2)(c2ccccc2)C(=O)N1Cc1ccc(Cl)cc1Cl. The van der Waals surface area contributed by atoms with Gasteiger partial charge in [-0.3, -0.25) is 9.69 Å². The van der Waals surface area contributed by atoms with Crippen LogP contribution in [0.1, 0.15) is 16.7 Å². The van der Waals surface area contributed by atoms with Crippen molar-refractivity contribution in [1.29, 1.82) is 0 Å². The molecule has 1 aliphatic rings. The number of aliphatic imine (C=N–C) groups is 1. The normalized spacial score (nSPS) is 15.6. The fourth-order valence-corrected chi connectivity index (χ4v) is 3.92. The smallest absolute Gasteiger partial charge is 0.266 e. The number of nitrogens with two attached hydrogens (primary N) is 1. The molecule has 4 nitrogen and oxygen atoms in total. The van der Waals surface area contributed by atoms with Crippen molar-refractivity contribution in [3.8, 4) is 0 Å². The largest absolute Gasteiger partial charge is 0.369 e. The average molecular weight is 410 g/mol. The molecule has 0 aromatic heterocycles. The molecule has 140 valence electrons. The first-order valence-electron chi connectivity index (χ1n) is 8.74. The Morgan fingerprint density at radius 3 is 2.00 bits per heavy atom. The molecule has 0 spiro atoms. The third-order valence-electron chi connectivity index (χ3n) is 4.84. The van der Waals surface area contributed by atoms with E-state index in [1.54, 1.807) is 18.2 Å². The van der Waals surface area contributed by atoms with Gasteiger partial charge in [-0.15, -0.1) is 0 Å². The molecule has 0 aliphatic carbocycles. The second-order valence-corrected chi connectivity index (χ2v) is 7.38. The predicted molar refractivity (Wildman–Crippen MR) is 112 cm³/mol. The molecule has 1 amide bonds. The first-order chi connectivity index (χ1) is 13.5. The molecular weight excluding hydrogens is 393 g/mol. The van der Waals surface area contributed by atoms with Crippen LogP contribution in [0.15, 0.2) is 83.9 Å². The van der Waals surface area contributed by atoms with Gasteiger partial charge in [-0.2, -0.15) is 0 Å². The number of guanidine groups is 1. The zero-order valence-corrected chi connectivity index (χ0v) is 16.4. The Hall–Kier alpha value is -2.82. The van der Waals surface area contributed by atoms with Gasteiger partial charge in [0.2, 0.25) is 0 Å². The van der Waals surface area contributed by atoms with Gasteiger partial charge >= 0.3 is 0 Å². The van der Waals surface area contributed by atoms with Crippen molar-refractivity contribution in [1.82, 2.24) is 4.90 Å². The minimum absolute atomic E-state index is 0.156. The lowest BCUT2D eigenvalue weighted by atomic mass is 9.83.